The van der Waals surface area contributed by atoms with Gasteiger partial charge in [0.15, 0.2) is 17.2 Å². The van der Waals surface area contributed by atoms with Crippen LogP contribution in [0.1, 0.15) is 5.56 Å². The van der Waals surface area contributed by atoms with E-state index in [4.69, 9.17) is 0 Å². The zero-order valence-corrected chi connectivity index (χ0v) is 13.5. The highest BCUT2D eigenvalue weighted by atomic mass is 32.1. The van der Waals surface area contributed by atoms with Crippen molar-refractivity contribution in [3.05, 3.63) is 79.9 Å². The Labute approximate surface area is 140 Å². The van der Waals surface area contributed by atoms with Gasteiger partial charge in [0.2, 0.25) is 0 Å². The van der Waals surface area contributed by atoms with E-state index < -0.39 is 0 Å². The molecule has 2 aromatic heterocycles. The highest BCUT2D eigenvalue weighted by Gasteiger charge is 2.16. The van der Waals surface area contributed by atoms with Gasteiger partial charge in [0.25, 0.3) is 5.56 Å². The quantitative estimate of drug-likeness (QED) is 0.691. The fraction of sp³-hybridized carbons (Fsp3) is 0.118. The maximum atomic E-state index is 13.4. The van der Waals surface area contributed by atoms with Crippen molar-refractivity contribution in [2.24, 2.45) is 4.99 Å². The molecular formula is C17H14FN4OS+. The number of hydrogen-bond acceptors (Lipinski definition) is 4. The van der Waals surface area contributed by atoms with Gasteiger partial charge in [-0.3, -0.25) is 9.36 Å². The molecule has 3 aromatic rings. The summed E-state index contributed by atoms with van der Waals surface area (Å²) in [7, 11) is 0. The van der Waals surface area contributed by atoms with Crippen molar-refractivity contribution in [3.63, 3.8) is 0 Å². The third-order valence-corrected chi connectivity index (χ3v) is 4.82. The molecule has 0 bridgehead atoms. The molecule has 5 nitrogen and oxygen atoms in total. The van der Waals surface area contributed by atoms with Gasteiger partial charge in [-0.1, -0.05) is 17.4 Å². The first-order chi connectivity index (χ1) is 11.7. The third kappa shape index (κ3) is 2.74. The minimum absolute atomic E-state index is 0.0799. The molecule has 0 amide bonds. The lowest BCUT2D eigenvalue weighted by molar-refractivity contribution is -0.378. The number of hydrogen-bond donors (Lipinski definition) is 0. The lowest BCUT2D eigenvalue weighted by Crippen LogP contribution is -2.42. The van der Waals surface area contributed by atoms with Crippen LogP contribution < -0.4 is 24.8 Å². The largest absolute Gasteiger partial charge is 0.333 e. The summed E-state index contributed by atoms with van der Waals surface area (Å²) in [5.74, 6) is -0.301. The zero-order valence-electron chi connectivity index (χ0n) is 12.6. The summed E-state index contributed by atoms with van der Waals surface area (Å²) < 4.78 is 15.7. The summed E-state index contributed by atoms with van der Waals surface area (Å²) in [6.07, 6.45) is 5.49. The fourth-order valence-electron chi connectivity index (χ4n) is 2.60. The average molecular weight is 341 g/mol. The van der Waals surface area contributed by atoms with E-state index >= 15 is 0 Å². The molecule has 0 spiro atoms. The van der Waals surface area contributed by atoms with E-state index in [9.17, 15) is 9.18 Å². The number of halogens is 1. The van der Waals surface area contributed by atoms with Crippen LogP contribution >= 0.6 is 11.3 Å². The standard InChI is InChI=1S/C17H13FN4OS/c18-13-4-1-5-14(8-13)21-10-20-17-22(11-21)16(23)15(24-17)7-12-3-2-6-19-9-12/h1-9H,10-11H2/p+1. The Morgan fingerprint density at radius 1 is 1.29 bits per heavy atom. The third-order valence-electron chi connectivity index (χ3n) is 3.78. The van der Waals surface area contributed by atoms with Crippen LogP contribution in [0.15, 0.2) is 58.6 Å². The van der Waals surface area contributed by atoms with Crippen molar-refractivity contribution in [2.45, 2.75) is 6.67 Å². The second-order valence-corrected chi connectivity index (χ2v) is 6.43. The smallest absolute Gasteiger partial charge is 0.271 e. The topological polar surface area (TPSA) is 51.7 Å². The van der Waals surface area contributed by atoms with Crippen molar-refractivity contribution >= 4 is 23.1 Å². The SMILES string of the molecule is O=c1c(=Cc2ccc[nH+]c2)sc2n1CN(c1cccc(F)c1)CN=2. The van der Waals surface area contributed by atoms with Gasteiger partial charge in [-0.15, -0.1) is 0 Å². The summed E-state index contributed by atoms with van der Waals surface area (Å²) in [5.41, 5.74) is 1.56. The van der Waals surface area contributed by atoms with Gasteiger partial charge >= 0.3 is 0 Å². The van der Waals surface area contributed by atoms with Crippen molar-refractivity contribution in [1.82, 2.24) is 4.57 Å². The number of H-pyrrole nitrogens is 1. The second-order valence-electron chi connectivity index (χ2n) is 5.42. The Bertz CT molecular complexity index is 1060. The predicted octanol–water partition coefficient (Wildman–Crippen LogP) is 0.747. The van der Waals surface area contributed by atoms with Crippen LogP contribution in [0, 0.1) is 5.82 Å². The molecule has 7 heteroatoms. The van der Waals surface area contributed by atoms with Crippen LogP contribution in [0.5, 0.6) is 0 Å². The van der Waals surface area contributed by atoms with E-state index in [1.54, 1.807) is 10.6 Å². The Balaban J connectivity index is 1.73. The molecule has 1 aromatic carbocycles. The molecule has 0 radical (unpaired) electrons. The minimum atomic E-state index is -0.301. The summed E-state index contributed by atoms with van der Waals surface area (Å²) in [6, 6.07) is 10.1. The molecule has 0 saturated carbocycles. The first-order valence-corrected chi connectivity index (χ1v) is 8.25. The molecule has 3 heterocycles. The molecule has 0 aliphatic carbocycles. The molecule has 0 saturated heterocycles. The lowest BCUT2D eigenvalue weighted by Gasteiger charge is -2.25. The van der Waals surface area contributed by atoms with Crippen LogP contribution in [-0.4, -0.2) is 11.2 Å². The zero-order chi connectivity index (χ0) is 16.5. The van der Waals surface area contributed by atoms with E-state index in [0.717, 1.165) is 5.56 Å². The van der Waals surface area contributed by atoms with Gasteiger partial charge in [0.1, 0.15) is 19.2 Å². The normalized spacial score (nSPS) is 14.4. The van der Waals surface area contributed by atoms with E-state index in [1.807, 2.05) is 41.6 Å². The number of rotatable bonds is 2. The van der Waals surface area contributed by atoms with Crippen LogP contribution in [0.2, 0.25) is 0 Å². The molecule has 0 fully saturated rings. The molecule has 120 valence electrons. The second kappa shape index (κ2) is 6.01. The first-order valence-electron chi connectivity index (χ1n) is 7.43. The highest BCUT2D eigenvalue weighted by molar-refractivity contribution is 7.07. The Kier molecular flexibility index (Phi) is 3.70. The van der Waals surface area contributed by atoms with Gasteiger partial charge < -0.3 is 4.90 Å². The predicted molar refractivity (Wildman–Crippen MR) is 89.7 cm³/mol. The molecule has 4 rings (SSSR count). The van der Waals surface area contributed by atoms with Gasteiger partial charge in [0.05, 0.1) is 4.53 Å². The van der Waals surface area contributed by atoms with Gasteiger partial charge in [0, 0.05) is 17.3 Å². The van der Waals surface area contributed by atoms with Crippen LogP contribution in [0.3, 0.4) is 0 Å². The molecule has 24 heavy (non-hydrogen) atoms. The summed E-state index contributed by atoms with van der Waals surface area (Å²) in [5, 5.41) is 0. The number of aromatic amines is 1. The Morgan fingerprint density at radius 3 is 3.00 bits per heavy atom. The number of benzene rings is 1. The molecule has 1 N–H and O–H groups in total. The maximum absolute atomic E-state index is 13.4. The monoisotopic (exact) mass is 341 g/mol. The van der Waals surface area contributed by atoms with Crippen LogP contribution in [0.4, 0.5) is 10.1 Å². The van der Waals surface area contributed by atoms with E-state index in [1.165, 1.54) is 23.5 Å². The molecule has 1 aliphatic rings. The first kappa shape index (κ1) is 14.8. The number of nitrogens with one attached hydrogen (secondary N) is 1. The number of thiazole rings is 1. The number of pyridine rings is 1. The summed E-state index contributed by atoms with van der Waals surface area (Å²) >= 11 is 1.37. The van der Waals surface area contributed by atoms with Gasteiger partial charge in [-0.25, -0.2) is 14.4 Å². The van der Waals surface area contributed by atoms with Gasteiger partial charge in [-0.05, 0) is 30.3 Å². The lowest BCUT2D eigenvalue weighted by atomic mass is 10.3. The summed E-state index contributed by atoms with van der Waals surface area (Å²) in [4.78, 5) is 22.6. The maximum Gasteiger partial charge on any atom is 0.271 e. The number of fused-ring (bicyclic) bond motifs is 1. The van der Waals surface area contributed by atoms with Crippen molar-refractivity contribution in [3.8, 4) is 0 Å². The Hall–Kier alpha value is -2.80. The highest BCUT2D eigenvalue weighted by Crippen LogP contribution is 2.16. The average Bonchev–Trinajstić information content (AvgIpc) is 2.91. The molecule has 1 aliphatic heterocycles. The van der Waals surface area contributed by atoms with Crippen molar-refractivity contribution < 1.29 is 9.37 Å². The minimum Gasteiger partial charge on any atom is -0.333 e. The molecule has 0 unspecified atom stereocenters. The number of nitrogens with zero attached hydrogens (tertiary/aromatic N) is 3. The summed E-state index contributed by atoms with van der Waals surface area (Å²) in [6.45, 7) is 0.772. The van der Waals surface area contributed by atoms with Gasteiger partial charge in [-0.2, -0.15) is 0 Å². The van der Waals surface area contributed by atoms with E-state index in [-0.39, 0.29) is 11.4 Å². The van der Waals surface area contributed by atoms with E-state index in [2.05, 4.69) is 9.98 Å². The molecule has 0 atom stereocenters. The number of aromatic nitrogens is 2. The van der Waals surface area contributed by atoms with E-state index in [0.29, 0.717) is 28.4 Å². The number of anilines is 1. The van der Waals surface area contributed by atoms with Crippen LogP contribution in [-0.2, 0) is 6.67 Å². The van der Waals surface area contributed by atoms with Crippen LogP contribution in [0.25, 0.3) is 6.08 Å². The Morgan fingerprint density at radius 2 is 2.21 bits per heavy atom. The molecular weight excluding hydrogens is 327 g/mol. The fourth-order valence-corrected chi connectivity index (χ4v) is 3.56. The van der Waals surface area contributed by atoms with Crippen molar-refractivity contribution in [2.75, 3.05) is 11.6 Å². The van der Waals surface area contributed by atoms with Crippen molar-refractivity contribution in [1.29, 1.82) is 0 Å².